The second kappa shape index (κ2) is 8.29. The Morgan fingerprint density at radius 3 is 2.59 bits per heavy atom. The molecule has 1 aromatic rings. The van der Waals surface area contributed by atoms with E-state index in [1.807, 2.05) is 4.90 Å². The predicted octanol–water partition coefficient (Wildman–Crippen LogP) is 2.07. The van der Waals surface area contributed by atoms with Crippen molar-refractivity contribution in [1.29, 1.82) is 0 Å². The Morgan fingerprint density at radius 1 is 1.30 bits per heavy atom. The van der Waals surface area contributed by atoms with E-state index in [-0.39, 0.29) is 28.9 Å². The third-order valence-electron chi connectivity index (χ3n) is 5.86. The fraction of sp³-hybridized carbons (Fsp3) is 0.650. The van der Waals surface area contributed by atoms with E-state index in [9.17, 15) is 18.3 Å². The first-order valence-corrected chi connectivity index (χ1v) is 11.4. The molecule has 1 saturated carbocycles. The summed E-state index contributed by atoms with van der Waals surface area (Å²) in [5.41, 5.74) is 0.799. The number of piperidine rings is 1. The molecule has 0 aromatic heterocycles. The zero-order valence-corrected chi connectivity index (χ0v) is 16.8. The van der Waals surface area contributed by atoms with E-state index in [2.05, 4.69) is 11.6 Å². The molecule has 1 atom stereocenters. The molecule has 1 amide bonds. The first kappa shape index (κ1) is 20.3. The van der Waals surface area contributed by atoms with Gasteiger partial charge in [0.15, 0.2) is 0 Å². The highest BCUT2D eigenvalue weighted by atomic mass is 32.2. The summed E-state index contributed by atoms with van der Waals surface area (Å²) in [7, 11) is -3.43. The first-order chi connectivity index (χ1) is 12.9. The van der Waals surface area contributed by atoms with Crippen molar-refractivity contribution in [3.63, 3.8) is 0 Å². The van der Waals surface area contributed by atoms with Crippen LogP contribution in [0.5, 0.6) is 0 Å². The maximum absolute atomic E-state index is 12.6. The number of carbonyl (C=O) groups excluding carboxylic acids is 1. The number of sulfonamides is 1. The molecule has 2 aliphatic rings. The van der Waals surface area contributed by atoms with Crippen LogP contribution in [0.15, 0.2) is 29.2 Å². The normalized spacial score (nSPS) is 23.4. The molecule has 0 unspecified atom stereocenters. The number of hydrogen-bond acceptors (Lipinski definition) is 4. The molecule has 6 nitrogen and oxygen atoms in total. The zero-order chi connectivity index (χ0) is 19.5. The summed E-state index contributed by atoms with van der Waals surface area (Å²) in [6, 6.07) is 6.88. The minimum atomic E-state index is -3.43. The van der Waals surface area contributed by atoms with Gasteiger partial charge in [-0.15, -0.1) is 0 Å². The number of aliphatic hydroxyl groups excluding tert-OH is 1. The Bertz CT molecular complexity index is 753. The summed E-state index contributed by atoms with van der Waals surface area (Å²) < 4.78 is 27.1. The SMILES string of the molecule is CC[C@]1(CO)CCCN(C(=O)CCc2ccc(S(=O)(=O)NC3CC3)cc2)C1. The van der Waals surface area contributed by atoms with Crippen molar-refractivity contribution in [2.45, 2.75) is 62.8 Å². The molecule has 1 aliphatic carbocycles. The van der Waals surface area contributed by atoms with Crippen LogP contribution < -0.4 is 4.72 Å². The lowest BCUT2D eigenvalue weighted by molar-refractivity contribution is -0.135. The number of carbonyl (C=O) groups is 1. The maximum atomic E-state index is 12.6. The van der Waals surface area contributed by atoms with Gasteiger partial charge >= 0.3 is 0 Å². The largest absolute Gasteiger partial charge is 0.396 e. The highest BCUT2D eigenvalue weighted by Gasteiger charge is 2.35. The van der Waals surface area contributed by atoms with Gasteiger partial charge in [-0.2, -0.15) is 0 Å². The fourth-order valence-electron chi connectivity index (χ4n) is 3.68. The average Bonchev–Trinajstić information content (AvgIpc) is 3.49. The second-order valence-corrected chi connectivity index (χ2v) is 9.68. The van der Waals surface area contributed by atoms with Gasteiger partial charge in [0.25, 0.3) is 0 Å². The summed E-state index contributed by atoms with van der Waals surface area (Å²) in [4.78, 5) is 14.7. The zero-order valence-electron chi connectivity index (χ0n) is 16.0. The maximum Gasteiger partial charge on any atom is 0.240 e. The number of hydrogen-bond donors (Lipinski definition) is 2. The molecule has 150 valence electrons. The van der Waals surface area contributed by atoms with Crippen LogP contribution in [-0.2, 0) is 21.2 Å². The van der Waals surface area contributed by atoms with Gasteiger partial charge in [0.2, 0.25) is 15.9 Å². The summed E-state index contributed by atoms with van der Waals surface area (Å²) in [6.45, 7) is 3.57. The second-order valence-electron chi connectivity index (χ2n) is 7.97. The van der Waals surface area contributed by atoms with Crippen LogP contribution in [0.2, 0.25) is 0 Å². The molecule has 0 spiro atoms. The standard InChI is InChI=1S/C20H30N2O4S/c1-2-20(15-23)12-3-13-22(14-20)19(24)11-6-16-4-9-18(10-5-16)27(25,26)21-17-7-8-17/h4-5,9-10,17,21,23H,2-3,6-8,11-15H2,1H3/t20-/m0/s1. The van der Waals surface area contributed by atoms with Gasteiger partial charge in [-0.05, 0) is 56.2 Å². The number of aliphatic hydroxyl groups is 1. The molecule has 2 N–H and O–H groups in total. The molecule has 1 aliphatic heterocycles. The van der Waals surface area contributed by atoms with Gasteiger partial charge in [-0.3, -0.25) is 4.79 Å². The van der Waals surface area contributed by atoms with Gasteiger partial charge < -0.3 is 10.0 Å². The van der Waals surface area contributed by atoms with Crippen LogP contribution in [-0.4, -0.2) is 50.1 Å². The number of benzene rings is 1. The quantitative estimate of drug-likeness (QED) is 0.707. The van der Waals surface area contributed by atoms with Crippen molar-refractivity contribution in [2.24, 2.45) is 5.41 Å². The monoisotopic (exact) mass is 394 g/mol. The van der Waals surface area contributed by atoms with Gasteiger partial charge in [-0.1, -0.05) is 19.1 Å². The van der Waals surface area contributed by atoms with Crippen molar-refractivity contribution >= 4 is 15.9 Å². The van der Waals surface area contributed by atoms with E-state index in [0.717, 1.165) is 44.2 Å². The van der Waals surface area contributed by atoms with Crippen molar-refractivity contribution in [3.05, 3.63) is 29.8 Å². The Hall–Kier alpha value is -1.44. The van der Waals surface area contributed by atoms with Crippen molar-refractivity contribution in [3.8, 4) is 0 Å². The predicted molar refractivity (Wildman–Crippen MR) is 104 cm³/mol. The van der Waals surface area contributed by atoms with Crippen LogP contribution in [0.3, 0.4) is 0 Å². The number of amides is 1. The fourth-order valence-corrected chi connectivity index (χ4v) is 4.99. The average molecular weight is 395 g/mol. The Morgan fingerprint density at radius 2 is 2.00 bits per heavy atom. The molecule has 0 bridgehead atoms. The lowest BCUT2D eigenvalue weighted by atomic mass is 9.78. The number of likely N-dealkylation sites (tertiary alicyclic amines) is 1. The molecule has 0 radical (unpaired) electrons. The van der Waals surface area contributed by atoms with E-state index < -0.39 is 10.0 Å². The molecule has 1 heterocycles. The molecule has 1 aromatic carbocycles. The van der Waals surface area contributed by atoms with Gasteiger partial charge in [0.05, 0.1) is 11.5 Å². The van der Waals surface area contributed by atoms with Crippen LogP contribution >= 0.6 is 0 Å². The summed E-state index contributed by atoms with van der Waals surface area (Å²) in [6.07, 6.45) is 5.58. The minimum absolute atomic E-state index is 0.0889. The summed E-state index contributed by atoms with van der Waals surface area (Å²) >= 11 is 0. The summed E-state index contributed by atoms with van der Waals surface area (Å²) in [5.74, 6) is 0.105. The number of nitrogens with one attached hydrogen (secondary N) is 1. The molecule has 27 heavy (non-hydrogen) atoms. The molecule has 7 heteroatoms. The molecular weight excluding hydrogens is 364 g/mol. The minimum Gasteiger partial charge on any atom is -0.396 e. The van der Waals surface area contributed by atoms with Gasteiger partial charge in [0.1, 0.15) is 0 Å². The van der Waals surface area contributed by atoms with E-state index in [4.69, 9.17) is 0 Å². The van der Waals surface area contributed by atoms with Crippen LogP contribution in [0.4, 0.5) is 0 Å². The molecule has 1 saturated heterocycles. The topological polar surface area (TPSA) is 86.7 Å². The van der Waals surface area contributed by atoms with Crippen molar-refractivity contribution < 1.29 is 18.3 Å². The Labute approximate surface area is 162 Å². The number of aryl methyl sites for hydroxylation is 1. The highest BCUT2D eigenvalue weighted by molar-refractivity contribution is 7.89. The molecule has 3 rings (SSSR count). The van der Waals surface area contributed by atoms with Crippen LogP contribution in [0.25, 0.3) is 0 Å². The molecule has 2 fully saturated rings. The first-order valence-electron chi connectivity index (χ1n) is 9.87. The van der Waals surface area contributed by atoms with E-state index >= 15 is 0 Å². The highest BCUT2D eigenvalue weighted by Crippen LogP contribution is 2.33. The van der Waals surface area contributed by atoms with Crippen molar-refractivity contribution in [1.82, 2.24) is 9.62 Å². The third-order valence-corrected chi connectivity index (χ3v) is 7.40. The Balaban J connectivity index is 1.54. The number of rotatable bonds is 8. The lowest BCUT2D eigenvalue weighted by Crippen LogP contribution is -2.47. The number of nitrogens with zero attached hydrogens (tertiary/aromatic N) is 1. The smallest absolute Gasteiger partial charge is 0.240 e. The van der Waals surface area contributed by atoms with Gasteiger partial charge in [-0.25, -0.2) is 13.1 Å². The van der Waals surface area contributed by atoms with E-state index in [0.29, 0.717) is 19.4 Å². The third kappa shape index (κ3) is 5.09. The van der Waals surface area contributed by atoms with Crippen LogP contribution in [0.1, 0.15) is 51.0 Å². The lowest BCUT2D eigenvalue weighted by Gasteiger charge is -2.41. The summed E-state index contributed by atoms with van der Waals surface area (Å²) in [5, 5.41) is 9.71. The van der Waals surface area contributed by atoms with Gasteiger partial charge in [0, 0.05) is 31.0 Å². The van der Waals surface area contributed by atoms with Crippen LogP contribution in [0, 0.1) is 5.41 Å². The van der Waals surface area contributed by atoms with Crippen molar-refractivity contribution in [2.75, 3.05) is 19.7 Å². The molecular formula is C20H30N2O4S. The Kier molecular flexibility index (Phi) is 6.23. The van der Waals surface area contributed by atoms with E-state index in [1.165, 1.54) is 0 Å². The van der Waals surface area contributed by atoms with E-state index in [1.54, 1.807) is 24.3 Å².